The molecular formula is C30H37FN6O2S. The third kappa shape index (κ3) is 7.09. The lowest BCUT2D eigenvalue weighted by atomic mass is 10.0. The SMILES string of the molecule is NSc1ccc(NCC#Cc2cc3c(NC4CCN(CC(=O)N5CCOCC5)CC4)cccc3n2CCF)cc1. The highest BCUT2D eigenvalue weighted by Gasteiger charge is 2.24. The summed E-state index contributed by atoms with van der Waals surface area (Å²) in [6.07, 6.45) is 1.92. The van der Waals surface area contributed by atoms with Crippen molar-refractivity contribution in [1.29, 1.82) is 0 Å². The summed E-state index contributed by atoms with van der Waals surface area (Å²) >= 11 is 1.22. The Morgan fingerprint density at radius 1 is 1.10 bits per heavy atom. The molecule has 0 bridgehead atoms. The highest BCUT2D eigenvalue weighted by molar-refractivity contribution is 7.97. The Labute approximate surface area is 239 Å². The Balaban J connectivity index is 1.21. The van der Waals surface area contributed by atoms with Gasteiger partial charge in [-0.05, 0) is 73.2 Å². The van der Waals surface area contributed by atoms with E-state index in [1.807, 2.05) is 45.9 Å². The van der Waals surface area contributed by atoms with Crippen molar-refractivity contribution in [2.45, 2.75) is 30.3 Å². The number of hydrogen-bond acceptors (Lipinski definition) is 7. The van der Waals surface area contributed by atoms with Gasteiger partial charge in [-0.3, -0.25) is 14.8 Å². The third-order valence-corrected chi connectivity index (χ3v) is 8.06. The van der Waals surface area contributed by atoms with Gasteiger partial charge in [-0.15, -0.1) is 0 Å². The molecule has 0 saturated carbocycles. The molecule has 3 heterocycles. The fourth-order valence-electron chi connectivity index (χ4n) is 5.33. The van der Waals surface area contributed by atoms with E-state index in [4.69, 9.17) is 9.88 Å². The van der Waals surface area contributed by atoms with Crippen LogP contribution in [0.25, 0.3) is 10.9 Å². The number of halogens is 1. The fourth-order valence-corrected chi connectivity index (χ4v) is 5.62. The summed E-state index contributed by atoms with van der Waals surface area (Å²) < 4.78 is 20.8. The first-order valence-corrected chi connectivity index (χ1v) is 14.7. The second kappa shape index (κ2) is 13.9. The van der Waals surface area contributed by atoms with Crippen LogP contribution in [0.15, 0.2) is 53.4 Å². The predicted molar refractivity (Wildman–Crippen MR) is 160 cm³/mol. The minimum atomic E-state index is -0.457. The van der Waals surface area contributed by atoms with Crippen LogP contribution in [0.1, 0.15) is 18.5 Å². The van der Waals surface area contributed by atoms with Gasteiger partial charge in [-0.1, -0.05) is 12.0 Å². The molecule has 0 unspecified atom stereocenters. The Morgan fingerprint density at radius 2 is 1.88 bits per heavy atom. The van der Waals surface area contributed by atoms with Crippen LogP contribution in [0.4, 0.5) is 15.8 Å². The average molecular weight is 565 g/mol. The molecule has 2 aliphatic heterocycles. The second-order valence-electron chi connectivity index (χ2n) is 10.1. The number of anilines is 2. The second-order valence-corrected chi connectivity index (χ2v) is 10.8. The van der Waals surface area contributed by atoms with E-state index in [0.717, 1.165) is 58.8 Å². The molecule has 3 aromatic rings. The largest absolute Gasteiger partial charge is 0.382 e. The first-order chi connectivity index (χ1) is 19.6. The Kier molecular flexibility index (Phi) is 9.84. The maximum atomic E-state index is 13.5. The van der Waals surface area contributed by atoms with Gasteiger partial charge < -0.3 is 24.8 Å². The third-order valence-electron chi connectivity index (χ3n) is 7.51. The quantitative estimate of drug-likeness (QED) is 0.269. The number of benzene rings is 2. The maximum absolute atomic E-state index is 13.5. The zero-order valence-electron chi connectivity index (χ0n) is 22.7. The standard InChI is InChI=1S/C30H37FN6O2S/c31-12-16-37-25(3-2-13-33-23-6-8-26(40-32)9-7-23)21-27-28(4-1-5-29(27)37)34-24-10-14-35(15-11-24)22-30(38)36-17-19-39-20-18-36/h1,4-9,21,24,33-34H,10-20,22,32H2. The molecule has 5 rings (SSSR count). The average Bonchev–Trinajstić information content (AvgIpc) is 3.35. The number of amides is 1. The molecule has 10 heteroatoms. The van der Waals surface area contributed by atoms with E-state index in [-0.39, 0.29) is 12.5 Å². The van der Waals surface area contributed by atoms with Gasteiger partial charge in [0.1, 0.15) is 6.67 Å². The molecule has 1 aromatic heterocycles. The molecule has 4 N–H and O–H groups in total. The summed E-state index contributed by atoms with van der Waals surface area (Å²) in [6, 6.07) is 16.4. The lowest BCUT2D eigenvalue weighted by Gasteiger charge is -2.34. The number of aromatic nitrogens is 1. The zero-order valence-corrected chi connectivity index (χ0v) is 23.5. The van der Waals surface area contributed by atoms with Gasteiger partial charge in [0.05, 0.1) is 44.1 Å². The van der Waals surface area contributed by atoms with Crippen LogP contribution in [0.2, 0.25) is 0 Å². The number of fused-ring (bicyclic) bond motifs is 1. The van der Waals surface area contributed by atoms with Crippen LogP contribution in [0.5, 0.6) is 0 Å². The number of piperidine rings is 1. The molecule has 2 aliphatic rings. The van der Waals surface area contributed by atoms with Gasteiger partial charge in [0.2, 0.25) is 5.91 Å². The normalized spacial score (nSPS) is 16.5. The summed E-state index contributed by atoms with van der Waals surface area (Å²) in [5.41, 5.74) is 3.79. The zero-order chi connectivity index (χ0) is 27.7. The van der Waals surface area contributed by atoms with E-state index >= 15 is 0 Å². The molecule has 40 heavy (non-hydrogen) atoms. The summed E-state index contributed by atoms with van der Waals surface area (Å²) in [4.78, 5) is 17.8. The van der Waals surface area contributed by atoms with Crippen LogP contribution in [-0.4, -0.2) is 85.5 Å². The first kappa shape index (κ1) is 28.3. The molecule has 0 aliphatic carbocycles. The molecular weight excluding hydrogens is 527 g/mol. The lowest BCUT2D eigenvalue weighted by molar-refractivity contribution is -0.136. The van der Waals surface area contributed by atoms with Crippen LogP contribution in [-0.2, 0) is 16.1 Å². The van der Waals surface area contributed by atoms with Crippen molar-refractivity contribution >= 4 is 40.1 Å². The first-order valence-electron chi connectivity index (χ1n) is 13.9. The van der Waals surface area contributed by atoms with Crippen molar-refractivity contribution in [1.82, 2.24) is 14.4 Å². The van der Waals surface area contributed by atoms with Gasteiger partial charge in [0.25, 0.3) is 0 Å². The lowest BCUT2D eigenvalue weighted by Crippen LogP contribution is -2.48. The summed E-state index contributed by atoms with van der Waals surface area (Å²) in [7, 11) is 0. The van der Waals surface area contributed by atoms with Gasteiger partial charge in [0.15, 0.2) is 0 Å². The van der Waals surface area contributed by atoms with Crippen molar-refractivity contribution in [3.05, 3.63) is 54.2 Å². The van der Waals surface area contributed by atoms with Crippen molar-refractivity contribution in [2.75, 3.05) is 69.8 Å². The number of nitrogens with one attached hydrogen (secondary N) is 2. The van der Waals surface area contributed by atoms with Crippen LogP contribution < -0.4 is 15.8 Å². The van der Waals surface area contributed by atoms with Crippen LogP contribution >= 0.6 is 11.9 Å². The van der Waals surface area contributed by atoms with Crippen molar-refractivity contribution in [3.63, 3.8) is 0 Å². The number of hydrogen-bond donors (Lipinski definition) is 3. The number of carbonyl (C=O) groups excluding carboxylic acids is 1. The Hall–Kier alpha value is -3.23. The number of ether oxygens (including phenoxy) is 1. The molecule has 0 atom stereocenters. The maximum Gasteiger partial charge on any atom is 0.236 e. The van der Waals surface area contributed by atoms with E-state index in [9.17, 15) is 9.18 Å². The Bertz CT molecular complexity index is 1340. The molecule has 212 valence electrons. The number of alkyl halides is 1. The van der Waals surface area contributed by atoms with Crippen molar-refractivity contribution < 1.29 is 13.9 Å². The topological polar surface area (TPSA) is 87.8 Å². The van der Waals surface area contributed by atoms with E-state index in [0.29, 0.717) is 45.4 Å². The number of likely N-dealkylation sites (tertiary alicyclic amines) is 1. The number of morpholine rings is 1. The highest BCUT2D eigenvalue weighted by atomic mass is 32.2. The number of nitrogens with two attached hydrogens (primary N) is 1. The smallest absolute Gasteiger partial charge is 0.236 e. The van der Waals surface area contributed by atoms with E-state index < -0.39 is 6.67 Å². The van der Waals surface area contributed by atoms with Gasteiger partial charge >= 0.3 is 0 Å². The number of rotatable bonds is 9. The van der Waals surface area contributed by atoms with Crippen molar-refractivity contribution in [3.8, 4) is 11.8 Å². The summed E-state index contributed by atoms with van der Waals surface area (Å²) in [5, 5.41) is 13.7. The van der Waals surface area contributed by atoms with Gasteiger partial charge in [-0.2, -0.15) is 0 Å². The molecule has 2 saturated heterocycles. The van der Waals surface area contributed by atoms with Crippen LogP contribution in [0.3, 0.4) is 0 Å². The van der Waals surface area contributed by atoms with Crippen LogP contribution in [0, 0.1) is 11.8 Å². The number of carbonyl (C=O) groups is 1. The van der Waals surface area contributed by atoms with Crippen molar-refractivity contribution in [2.24, 2.45) is 5.14 Å². The summed E-state index contributed by atoms with van der Waals surface area (Å²) in [5.74, 6) is 6.62. The van der Waals surface area contributed by atoms with E-state index in [2.05, 4.69) is 39.5 Å². The van der Waals surface area contributed by atoms with E-state index in [1.165, 1.54) is 11.9 Å². The number of nitrogens with zero attached hydrogens (tertiary/aromatic N) is 3. The molecule has 2 aromatic carbocycles. The highest BCUT2D eigenvalue weighted by Crippen LogP contribution is 2.29. The predicted octanol–water partition coefficient (Wildman–Crippen LogP) is 3.78. The van der Waals surface area contributed by atoms with E-state index in [1.54, 1.807) is 0 Å². The minimum Gasteiger partial charge on any atom is -0.382 e. The summed E-state index contributed by atoms with van der Waals surface area (Å²) in [6.45, 7) is 5.15. The van der Waals surface area contributed by atoms with Gasteiger partial charge in [-0.25, -0.2) is 4.39 Å². The minimum absolute atomic E-state index is 0.195. The fraction of sp³-hybridized carbons (Fsp3) is 0.433. The molecule has 2 fully saturated rings. The van der Waals surface area contributed by atoms with Gasteiger partial charge in [0, 0.05) is 53.9 Å². The number of aryl methyl sites for hydroxylation is 1. The Morgan fingerprint density at radius 3 is 2.60 bits per heavy atom. The molecule has 0 radical (unpaired) electrons. The molecule has 0 spiro atoms. The molecule has 8 nitrogen and oxygen atoms in total. The monoisotopic (exact) mass is 564 g/mol. The molecule has 1 amide bonds.